The smallest absolute Gasteiger partial charge is 0.276 e. The second kappa shape index (κ2) is 6.57. The largest absolute Gasteiger partial charge is 0.328 e. The number of amides is 1. The van der Waals surface area contributed by atoms with E-state index in [1.54, 1.807) is 29.2 Å². The molecule has 116 valence electrons. The van der Waals surface area contributed by atoms with Gasteiger partial charge in [0, 0.05) is 16.1 Å². The summed E-state index contributed by atoms with van der Waals surface area (Å²) in [6.45, 7) is 0. The molecule has 1 saturated heterocycles. The zero-order valence-corrected chi connectivity index (χ0v) is 14.3. The van der Waals surface area contributed by atoms with Gasteiger partial charge in [0.05, 0.1) is 0 Å². The summed E-state index contributed by atoms with van der Waals surface area (Å²) in [7, 11) is 0. The van der Waals surface area contributed by atoms with E-state index in [0.29, 0.717) is 20.9 Å². The standard InChI is InChI=1S/C16H16Cl2N2OS/c17-11-7-6-10(13(18)9-11)8-14-15(21)20(16(22)19-14)12-4-2-1-3-5-12/h6-9,12H,1-5H2,(H,19,22)/b14-8+. The number of rotatable bonds is 2. The van der Waals surface area contributed by atoms with Crippen LogP contribution in [0.15, 0.2) is 23.9 Å². The number of halogens is 2. The molecule has 0 unspecified atom stereocenters. The normalized spacial score (nSPS) is 21.5. The first-order chi connectivity index (χ1) is 10.6. The summed E-state index contributed by atoms with van der Waals surface area (Å²) in [6, 6.07) is 5.41. The van der Waals surface area contributed by atoms with E-state index in [1.165, 1.54) is 6.42 Å². The molecule has 0 aromatic heterocycles. The first-order valence-electron chi connectivity index (χ1n) is 7.37. The fraction of sp³-hybridized carbons (Fsp3) is 0.375. The van der Waals surface area contributed by atoms with Gasteiger partial charge >= 0.3 is 0 Å². The zero-order valence-electron chi connectivity index (χ0n) is 11.9. The van der Waals surface area contributed by atoms with Gasteiger partial charge in [0.15, 0.2) is 5.11 Å². The first kappa shape index (κ1) is 15.8. The monoisotopic (exact) mass is 354 g/mol. The first-order valence-corrected chi connectivity index (χ1v) is 8.54. The fourth-order valence-electron chi connectivity index (χ4n) is 2.99. The lowest BCUT2D eigenvalue weighted by Crippen LogP contribution is -2.41. The van der Waals surface area contributed by atoms with Crippen molar-refractivity contribution in [3.05, 3.63) is 39.5 Å². The number of carbonyl (C=O) groups excluding carboxylic acids is 1. The minimum Gasteiger partial charge on any atom is -0.328 e. The molecule has 0 radical (unpaired) electrons. The second-order valence-corrected chi connectivity index (χ2v) is 6.85. The Morgan fingerprint density at radius 1 is 1.23 bits per heavy atom. The lowest BCUT2D eigenvalue weighted by Gasteiger charge is -2.29. The number of hydrogen-bond donors (Lipinski definition) is 1. The van der Waals surface area contributed by atoms with E-state index in [0.717, 1.165) is 31.2 Å². The van der Waals surface area contributed by atoms with Crippen LogP contribution in [0.2, 0.25) is 10.0 Å². The summed E-state index contributed by atoms with van der Waals surface area (Å²) in [6.07, 6.45) is 7.31. The van der Waals surface area contributed by atoms with Gasteiger partial charge in [-0.2, -0.15) is 0 Å². The summed E-state index contributed by atoms with van der Waals surface area (Å²) in [5, 5.41) is 4.59. The molecule has 1 aromatic rings. The fourth-order valence-corrected chi connectivity index (χ4v) is 3.80. The molecule has 0 bridgehead atoms. The SMILES string of the molecule is O=C1/C(=C\c2ccc(Cl)cc2Cl)NC(=S)N1C1CCCCC1. The van der Waals surface area contributed by atoms with Crippen LogP contribution in [0.5, 0.6) is 0 Å². The molecule has 6 heteroatoms. The van der Waals surface area contributed by atoms with Crippen molar-refractivity contribution in [2.75, 3.05) is 0 Å². The lowest BCUT2D eigenvalue weighted by atomic mass is 9.94. The van der Waals surface area contributed by atoms with Crippen LogP contribution in [0.3, 0.4) is 0 Å². The molecular formula is C16H16Cl2N2OS. The number of hydrogen-bond acceptors (Lipinski definition) is 2. The number of carbonyl (C=O) groups is 1. The van der Waals surface area contributed by atoms with E-state index in [4.69, 9.17) is 35.4 Å². The van der Waals surface area contributed by atoms with Gasteiger partial charge in [-0.05, 0) is 48.8 Å². The maximum Gasteiger partial charge on any atom is 0.276 e. The average Bonchev–Trinajstić information content (AvgIpc) is 2.77. The van der Waals surface area contributed by atoms with E-state index < -0.39 is 0 Å². The van der Waals surface area contributed by atoms with Crippen molar-refractivity contribution in [1.29, 1.82) is 0 Å². The van der Waals surface area contributed by atoms with Gasteiger partial charge in [-0.15, -0.1) is 0 Å². The summed E-state index contributed by atoms with van der Waals surface area (Å²) in [4.78, 5) is 14.4. The van der Waals surface area contributed by atoms with E-state index in [9.17, 15) is 4.79 Å². The molecule has 1 heterocycles. The highest BCUT2D eigenvalue weighted by molar-refractivity contribution is 7.80. The van der Waals surface area contributed by atoms with E-state index in [-0.39, 0.29) is 11.9 Å². The lowest BCUT2D eigenvalue weighted by molar-refractivity contribution is -0.124. The molecule has 1 aliphatic carbocycles. The summed E-state index contributed by atoms with van der Waals surface area (Å²) in [5.74, 6) is -0.0667. The quantitative estimate of drug-likeness (QED) is 0.631. The Bertz CT molecular complexity index is 654. The highest BCUT2D eigenvalue weighted by Gasteiger charge is 2.36. The predicted octanol–water partition coefficient (Wildman–Crippen LogP) is 4.38. The highest BCUT2D eigenvalue weighted by atomic mass is 35.5. The Hall–Kier alpha value is -1.10. The Balaban J connectivity index is 1.85. The van der Waals surface area contributed by atoms with Crippen molar-refractivity contribution >= 4 is 52.5 Å². The average molecular weight is 355 g/mol. The molecule has 1 aliphatic heterocycles. The van der Waals surface area contributed by atoms with E-state index in [1.807, 2.05) is 0 Å². The Morgan fingerprint density at radius 3 is 2.64 bits per heavy atom. The maximum atomic E-state index is 12.6. The molecule has 22 heavy (non-hydrogen) atoms. The minimum atomic E-state index is -0.0667. The van der Waals surface area contributed by atoms with Crippen LogP contribution in [0, 0.1) is 0 Å². The summed E-state index contributed by atoms with van der Waals surface area (Å²) >= 11 is 17.4. The van der Waals surface area contributed by atoms with Gasteiger partial charge in [0.1, 0.15) is 5.70 Å². The number of nitrogens with one attached hydrogen (secondary N) is 1. The van der Waals surface area contributed by atoms with Gasteiger partial charge in [-0.3, -0.25) is 9.69 Å². The number of benzene rings is 1. The molecule has 1 aromatic carbocycles. The van der Waals surface area contributed by atoms with Crippen molar-refractivity contribution < 1.29 is 4.79 Å². The van der Waals surface area contributed by atoms with Gasteiger partial charge in [0.25, 0.3) is 5.91 Å². The van der Waals surface area contributed by atoms with Crippen LogP contribution in [-0.4, -0.2) is 22.0 Å². The molecule has 3 rings (SSSR count). The topological polar surface area (TPSA) is 32.3 Å². The second-order valence-electron chi connectivity index (χ2n) is 5.62. The van der Waals surface area contributed by atoms with Crippen molar-refractivity contribution in [3.8, 4) is 0 Å². The van der Waals surface area contributed by atoms with Crippen LogP contribution < -0.4 is 5.32 Å². The van der Waals surface area contributed by atoms with Gasteiger partial charge in [-0.1, -0.05) is 48.5 Å². The van der Waals surface area contributed by atoms with Gasteiger partial charge in [0.2, 0.25) is 0 Å². The van der Waals surface area contributed by atoms with Crippen molar-refractivity contribution in [2.45, 2.75) is 38.1 Å². The van der Waals surface area contributed by atoms with Crippen LogP contribution in [0.4, 0.5) is 0 Å². The van der Waals surface area contributed by atoms with Gasteiger partial charge in [-0.25, -0.2) is 0 Å². The number of thiocarbonyl (C=S) groups is 1. The van der Waals surface area contributed by atoms with Crippen molar-refractivity contribution in [1.82, 2.24) is 10.2 Å². The van der Waals surface area contributed by atoms with Crippen molar-refractivity contribution in [2.24, 2.45) is 0 Å². The highest BCUT2D eigenvalue weighted by Crippen LogP contribution is 2.28. The molecule has 0 atom stereocenters. The Labute approximate surface area is 145 Å². The Kier molecular flexibility index (Phi) is 4.71. The van der Waals surface area contributed by atoms with Gasteiger partial charge < -0.3 is 5.32 Å². The van der Waals surface area contributed by atoms with Crippen LogP contribution in [0.1, 0.15) is 37.7 Å². The maximum absolute atomic E-state index is 12.6. The number of nitrogens with zero attached hydrogens (tertiary/aromatic N) is 1. The summed E-state index contributed by atoms with van der Waals surface area (Å²) < 4.78 is 0. The van der Waals surface area contributed by atoms with Crippen molar-refractivity contribution in [3.63, 3.8) is 0 Å². The third kappa shape index (κ3) is 3.14. The molecule has 1 saturated carbocycles. The third-order valence-corrected chi connectivity index (χ3v) is 4.97. The zero-order chi connectivity index (χ0) is 15.7. The molecule has 1 N–H and O–H groups in total. The molecule has 2 fully saturated rings. The van der Waals surface area contributed by atoms with E-state index >= 15 is 0 Å². The van der Waals surface area contributed by atoms with Crippen LogP contribution >= 0.6 is 35.4 Å². The minimum absolute atomic E-state index is 0.0667. The molecule has 0 spiro atoms. The Morgan fingerprint density at radius 2 is 1.95 bits per heavy atom. The summed E-state index contributed by atoms with van der Waals surface area (Å²) in [5.41, 5.74) is 1.22. The molecule has 3 nitrogen and oxygen atoms in total. The van der Waals surface area contributed by atoms with Crippen LogP contribution in [0.25, 0.3) is 6.08 Å². The predicted molar refractivity (Wildman–Crippen MR) is 93.9 cm³/mol. The molecule has 1 amide bonds. The third-order valence-electron chi connectivity index (χ3n) is 4.11. The molecular weight excluding hydrogens is 339 g/mol. The molecule has 2 aliphatic rings. The van der Waals surface area contributed by atoms with Crippen LogP contribution in [-0.2, 0) is 4.79 Å². The van der Waals surface area contributed by atoms with E-state index in [2.05, 4.69) is 5.32 Å².